The maximum absolute atomic E-state index is 12.4. The topological polar surface area (TPSA) is 0 Å². The number of hydrogen-bond acceptors (Lipinski definition) is 1. The van der Waals surface area contributed by atoms with Gasteiger partial charge in [-0.15, -0.1) is 0 Å². The molecule has 2 aromatic rings. The van der Waals surface area contributed by atoms with Crippen LogP contribution in [0.3, 0.4) is 0 Å². The molecule has 0 fully saturated rings. The average molecular weight is 268 g/mol. The van der Waals surface area contributed by atoms with Crippen molar-refractivity contribution in [3.63, 3.8) is 0 Å². The van der Waals surface area contributed by atoms with E-state index in [1.807, 2.05) is 31.2 Å². The highest BCUT2D eigenvalue weighted by Gasteiger charge is 2.29. The minimum atomic E-state index is -4.27. The Kier molecular flexibility index (Phi) is 3.66. The third kappa shape index (κ3) is 3.29. The van der Waals surface area contributed by atoms with E-state index in [-0.39, 0.29) is 0 Å². The summed E-state index contributed by atoms with van der Waals surface area (Å²) in [6, 6.07) is 13.1. The van der Waals surface area contributed by atoms with E-state index in [0.717, 1.165) is 27.5 Å². The van der Waals surface area contributed by atoms with Crippen LogP contribution in [0.25, 0.3) is 0 Å². The van der Waals surface area contributed by atoms with Crippen LogP contribution in [0.4, 0.5) is 13.2 Å². The third-order valence-corrected chi connectivity index (χ3v) is 3.45. The summed E-state index contributed by atoms with van der Waals surface area (Å²) >= 11 is 1.45. The van der Waals surface area contributed by atoms with Gasteiger partial charge in [-0.1, -0.05) is 29.5 Å². The number of benzene rings is 2. The number of aryl methyl sites for hydroxylation is 1. The first-order valence-corrected chi connectivity index (χ1v) is 6.18. The highest BCUT2D eigenvalue weighted by atomic mass is 32.2. The second-order valence-corrected chi connectivity index (χ2v) is 5.08. The molecule has 0 bridgehead atoms. The molecule has 0 aliphatic heterocycles. The van der Waals surface area contributed by atoms with Crippen LogP contribution < -0.4 is 0 Å². The van der Waals surface area contributed by atoms with Gasteiger partial charge in [0.2, 0.25) is 0 Å². The molecule has 0 amide bonds. The molecule has 2 rings (SSSR count). The molecule has 0 saturated heterocycles. The predicted octanol–water partition coefficient (Wildman–Crippen LogP) is 5.17. The summed E-state index contributed by atoms with van der Waals surface area (Å²) < 4.78 is 37.2. The Hall–Kier alpha value is -1.42. The molecule has 0 heterocycles. The van der Waals surface area contributed by atoms with E-state index in [9.17, 15) is 13.2 Å². The Morgan fingerprint density at radius 3 is 1.67 bits per heavy atom. The van der Waals surface area contributed by atoms with Gasteiger partial charge in [-0.05, 0) is 43.3 Å². The Labute approximate surface area is 108 Å². The van der Waals surface area contributed by atoms with Gasteiger partial charge in [0.05, 0.1) is 5.56 Å². The van der Waals surface area contributed by atoms with Crippen molar-refractivity contribution in [2.75, 3.05) is 0 Å². The lowest BCUT2D eigenvalue weighted by atomic mass is 10.2. The fraction of sp³-hybridized carbons (Fsp3) is 0.143. The molecular formula is C14H11F3S. The van der Waals surface area contributed by atoms with Gasteiger partial charge in [0.1, 0.15) is 0 Å². The summed E-state index contributed by atoms with van der Waals surface area (Å²) in [5.41, 5.74) is 0.544. The monoisotopic (exact) mass is 268 g/mol. The number of rotatable bonds is 2. The first kappa shape index (κ1) is 13.0. The van der Waals surface area contributed by atoms with Gasteiger partial charge in [-0.2, -0.15) is 13.2 Å². The molecule has 4 heteroatoms. The maximum atomic E-state index is 12.4. The van der Waals surface area contributed by atoms with Crippen LogP contribution in [0, 0.1) is 6.92 Å². The predicted molar refractivity (Wildman–Crippen MR) is 66.7 cm³/mol. The van der Waals surface area contributed by atoms with Crippen molar-refractivity contribution in [3.05, 3.63) is 59.7 Å². The van der Waals surface area contributed by atoms with Crippen molar-refractivity contribution in [2.24, 2.45) is 0 Å². The van der Waals surface area contributed by atoms with E-state index >= 15 is 0 Å². The van der Waals surface area contributed by atoms with Crippen molar-refractivity contribution in [1.82, 2.24) is 0 Å². The minimum absolute atomic E-state index is 0.615. The summed E-state index contributed by atoms with van der Waals surface area (Å²) in [6.07, 6.45) is -4.27. The second kappa shape index (κ2) is 5.06. The molecule has 18 heavy (non-hydrogen) atoms. The molecule has 0 aliphatic rings. The second-order valence-electron chi connectivity index (χ2n) is 3.94. The first-order valence-electron chi connectivity index (χ1n) is 5.37. The Bertz CT molecular complexity index is 512. The lowest BCUT2D eigenvalue weighted by Gasteiger charge is -2.07. The number of hydrogen-bond donors (Lipinski definition) is 0. The van der Waals surface area contributed by atoms with Crippen molar-refractivity contribution in [3.8, 4) is 0 Å². The molecular weight excluding hydrogens is 257 g/mol. The summed E-state index contributed by atoms with van der Waals surface area (Å²) in [7, 11) is 0. The van der Waals surface area contributed by atoms with Crippen molar-refractivity contribution < 1.29 is 13.2 Å². The molecule has 0 N–H and O–H groups in total. The van der Waals surface area contributed by atoms with Crippen LogP contribution in [0.5, 0.6) is 0 Å². The SMILES string of the molecule is Cc1ccc(Sc2ccc(C(F)(F)F)cc2)cc1. The zero-order valence-electron chi connectivity index (χ0n) is 9.66. The lowest BCUT2D eigenvalue weighted by molar-refractivity contribution is -0.137. The molecule has 0 aliphatic carbocycles. The van der Waals surface area contributed by atoms with Gasteiger partial charge in [-0.3, -0.25) is 0 Å². The van der Waals surface area contributed by atoms with Gasteiger partial charge in [0.15, 0.2) is 0 Å². The fourth-order valence-corrected chi connectivity index (χ4v) is 2.27. The van der Waals surface area contributed by atoms with E-state index in [1.54, 1.807) is 0 Å². The van der Waals surface area contributed by atoms with Crippen LogP contribution in [0.2, 0.25) is 0 Å². The Morgan fingerprint density at radius 1 is 0.778 bits per heavy atom. The fourth-order valence-electron chi connectivity index (χ4n) is 1.45. The molecule has 0 unspecified atom stereocenters. The highest BCUT2D eigenvalue weighted by molar-refractivity contribution is 7.99. The number of halogens is 3. The van der Waals surface area contributed by atoms with Crippen molar-refractivity contribution >= 4 is 11.8 Å². The van der Waals surface area contributed by atoms with E-state index in [1.165, 1.54) is 23.9 Å². The zero-order valence-corrected chi connectivity index (χ0v) is 10.5. The largest absolute Gasteiger partial charge is 0.416 e. The Morgan fingerprint density at radius 2 is 1.22 bits per heavy atom. The van der Waals surface area contributed by atoms with Crippen molar-refractivity contribution in [1.29, 1.82) is 0 Å². The first-order chi connectivity index (χ1) is 8.45. The molecule has 0 atom stereocenters. The summed E-state index contributed by atoms with van der Waals surface area (Å²) in [4.78, 5) is 1.81. The smallest absolute Gasteiger partial charge is 0.166 e. The minimum Gasteiger partial charge on any atom is -0.166 e. The molecule has 0 spiro atoms. The average Bonchev–Trinajstić information content (AvgIpc) is 2.32. The van der Waals surface area contributed by atoms with Gasteiger partial charge in [-0.25, -0.2) is 0 Å². The molecule has 2 aromatic carbocycles. The molecule has 94 valence electrons. The molecule has 0 nitrogen and oxygen atoms in total. The van der Waals surface area contributed by atoms with Gasteiger partial charge in [0.25, 0.3) is 0 Å². The van der Waals surface area contributed by atoms with E-state index in [4.69, 9.17) is 0 Å². The van der Waals surface area contributed by atoms with Crippen LogP contribution in [-0.2, 0) is 6.18 Å². The van der Waals surface area contributed by atoms with E-state index in [2.05, 4.69) is 0 Å². The lowest BCUT2D eigenvalue weighted by Crippen LogP contribution is -2.03. The zero-order chi connectivity index (χ0) is 13.2. The molecule has 0 saturated carbocycles. The third-order valence-electron chi connectivity index (χ3n) is 2.44. The maximum Gasteiger partial charge on any atom is 0.416 e. The van der Waals surface area contributed by atoms with Crippen LogP contribution in [0.1, 0.15) is 11.1 Å². The quantitative estimate of drug-likeness (QED) is 0.724. The van der Waals surface area contributed by atoms with Crippen LogP contribution in [-0.4, -0.2) is 0 Å². The summed E-state index contributed by atoms with van der Waals surface area (Å²) in [5.74, 6) is 0. The summed E-state index contributed by atoms with van der Waals surface area (Å²) in [5, 5.41) is 0. The van der Waals surface area contributed by atoms with E-state index < -0.39 is 11.7 Å². The van der Waals surface area contributed by atoms with Crippen LogP contribution >= 0.6 is 11.8 Å². The highest BCUT2D eigenvalue weighted by Crippen LogP contribution is 2.32. The Balaban J connectivity index is 2.13. The standard InChI is InChI=1S/C14H11F3S/c1-10-2-6-12(7-3-10)18-13-8-4-11(5-9-13)14(15,16)17/h2-9H,1H3. The van der Waals surface area contributed by atoms with Gasteiger partial charge in [0, 0.05) is 9.79 Å². The number of alkyl halides is 3. The molecule has 0 radical (unpaired) electrons. The van der Waals surface area contributed by atoms with Gasteiger partial charge < -0.3 is 0 Å². The van der Waals surface area contributed by atoms with E-state index in [0.29, 0.717) is 0 Å². The summed E-state index contributed by atoms with van der Waals surface area (Å²) in [6.45, 7) is 1.99. The van der Waals surface area contributed by atoms with Gasteiger partial charge >= 0.3 is 6.18 Å². The molecule has 0 aromatic heterocycles. The van der Waals surface area contributed by atoms with Crippen LogP contribution in [0.15, 0.2) is 58.3 Å². The van der Waals surface area contributed by atoms with Crippen molar-refractivity contribution in [2.45, 2.75) is 22.9 Å². The normalized spacial score (nSPS) is 11.6.